The second-order valence-corrected chi connectivity index (χ2v) is 3.99. The Kier molecular flexibility index (Phi) is 4.34. The first-order chi connectivity index (χ1) is 9.25. The molecular formula is C16H14O3. The second-order valence-electron chi connectivity index (χ2n) is 3.99. The molecule has 1 N–H and O–H groups in total. The average Bonchev–Trinajstić information content (AvgIpc) is 2.41. The van der Waals surface area contributed by atoms with Gasteiger partial charge in [0.25, 0.3) is 0 Å². The summed E-state index contributed by atoms with van der Waals surface area (Å²) in [5.74, 6) is 0.382. The first kappa shape index (κ1) is 12.9. The van der Waals surface area contributed by atoms with E-state index in [1.807, 2.05) is 54.6 Å². The van der Waals surface area contributed by atoms with Crippen LogP contribution in [0.25, 0.3) is 6.08 Å². The lowest BCUT2D eigenvalue weighted by Gasteiger charge is -2.05. The molecule has 0 atom stereocenters. The molecule has 0 aliphatic carbocycles. The molecule has 0 fully saturated rings. The molecule has 0 saturated heterocycles. The summed E-state index contributed by atoms with van der Waals surface area (Å²) in [5.41, 5.74) is 1.95. The van der Waals surface area contributed by atoms with Gasteiger partial charge in [0.05, 0.1) is 0 Å². The summed E-state index contributed by atoms with van der Waals surface area (Å²) in [4.78, 5) is 10.6. The standard InChI is InChI=1S/C16H14O3/c17-16(18)19-15-12-5-4-10-14(15)11-6-9-13-7-2-1-3-8-13/h1-10,12H,11H2,(H,17,18). The molecule has 0 aliphatic rings. The highest BCUT2D eigenvalue weighted by Crippen LogP contribution is 2.19. The summed E-state index contributed by atoms with van der Waals surface area (Å²) in [6.45, 7) is 0. The molecule has 2 aromatic carbocycles. The van der Waals surface area contributed by atoms with Gasteiger partial charge in [-0.05, 0) is 23.6 Å². The zero-order valence-electron chi connectivity index (χ0n) is 10.3. The van der Waals surface area contributed by atoms with Crippen molar-refractivity contribution in [2.45, 2.75) is 6.42 Å². The molecule has 0 heterocycles. The summed E-state index contributed by atoms with van der Waals surface area (Å²) >= 11 is 0. The van der Waals surface area contributed by atoms with E-state index >= 15 is 0 Å². The van der Waals surface area contributed by atoms with Gasteiger partial charge in [0, 0.05) is 0 Å². The van der Waals surface area contributed by atoms with Crippen molar-refractivity contribution < 1.29 is 14.6 Å². The van der Waals surface area contributed by atoms with Crippen molar-refractivity contribution in [2.24, 2.45) is 0 Å². The highest BCUT2D eigenvalue weighted by molar-refractivity contribution is 5.62. The molecule has 0 radical (unpaired) electrons. The van der Waals surface area contributed by atoms with Crippen LogP contribution in [0.3, 0.4) is 0 Å². The SMILES string of the molecule is O=C(O)Oc1ccccc1CC=Cc1ccccc1. The largest absolute Gasteiger partial charge is 0.511 e. The molecule has 96 valence electrons. The van der Waals surface area contributed by atoms with Gasteiger partial charge in [0.15, 0.2) is 0 Å². The lowest BCUT2D eigenvalue weighted by atomic mass is 10.1. The molecule has 0 bridgehead atoms. The van der Waals surface area contributed by atoms with E-state index in [2.05, 4.69) is 0 Å². The summed E-state index contributed by atoms with van der Waals surface area (Å²) in [6.07, 6.45) is 3.31. The third-order valence-corrected chi connectivity index (χ3v) is 2.62. The highest BCUT2D eigenvalue weighted by atomic mass is 16.7. The highest BCUT2D eigenvalue weighted by Gasteiger charge is 2.05. The number of benzene rings is 2. The predicted octanol–water partition coefficient (Wildman–Crippen LogP) is 4.00. The van der Waals surface area contributed by atoms with Crippen LogP contribution in [0.4, 0.5) is 4.79 Å². The van der Waals surface area contributed by atoms with Gasteiger partial charge in [-0.1, -0.05) is 60.7 Å². The Bertz CT molecular complexity index is 574. The van der Waals surface area contributed by atoms with Crippen molar-refractivity contribution in [3.8, 4) is 5.75 Å². The minimum Gasteiger partial charge on any atom is -0.449 e. The van der Waals surface area contributed by atoms with Gasteiger partial charge >= 0.3 is 6.16 Å². The topological polar surface area (TPSA) is 46.5 Å². The van der Waals surface area contributed by atoms with Crippen LogP contribution in [0.2, 0.25) is 0 Å². The number of allylic oxidation sites excluding steroid dienone is 1. The molecule has 19 heavy (non-hydrogen) atoms. The lowest BCUT2D eigenvalue weighted by molar-refractivity contribution is 0.144. The fourth-order valence-electron chi connectivity index (χ4n) is 1.75. The number of hydrogen-bond acceptors (Lipinski definition) is 2. The molecule has 2 aromatic rings. The molecule has 0 spiro atoms. The molecule has 0 aromatic heterocycles. The van der Waals surface area contributed by atoms with Gasteiger partial charge in [-0.25, -0.2) is 4.79 Å². The Morgan fingerprint density at radius 2 is 1.74 bits per heavy atom. The van der Waals surface area contributed by atoms with Crippen molar-refractivity contribution in [1.29, 1.82) is 0 Å². The molecule has 0 unspecified atom stereocenters. The summed E-state index contributed by atoms with van der Waals surface area (Å²) in [7, 11) is 0. The fourth-order valence-corrected chi connectivity index (χ4v) is 1.75. The summed E-state index contributed by atoms with van der Waals surface area (Å²) in [5, 5.41) is 8.65. The van der Waals surface area contributed by atoms with Crippen LogP contribution in [-0.4, -0.2) is 11.3 Å². The fraction of sp³-hybridized carbons (Fsp3) is 0.0625. The van der Waals surface area contributed by atoms with Gasteiger partial charge in [-0.15, -0.1) is 0 Å². The van der Waals surface area contributed by atoms with Gasteiger partial charge in [0.2, 0.25) is 0 Å². The van der Waals surface area contributed by atoms with Crippen LogP contribution in [0.15, 0.2) is 60.7 Å². The van der Waals surface area contributed by atoms with E-state index < -0.39 is 6.16 Å². The number of carboxylic acid groups (broad SMARTS) is 1. The third kappa shape index (κ3) is 4.00. The number of hydrogen-bond donors (Lipinski definition) is 1. The predicted molar refractivity (Wildman–Crippen MR) is 74.3 cm³/mol. The summed E-state index contributed by atoms with van der Waals surface area (Å²) in [6, 6.07) is 17.1. The zero-order chi connectivity index (χ0) is 13.5. The van der Waals surface area contributed by atoms with E-state index in [1.165, 1.54) is 0 Å². The minimum atomic E-state index is -1.29. The first-order valence-electron chi connectivity index (χ1n) is 5.96. The van der Waals surface area contributed by atoms with Crippen molar-refractivity contribution in [2.75, 3.05) is 0 Å². The van der Waals surface area contributed by atoms with Crippen LogP contribution >= 0.6 is 0 Å². The van der Waals surface area contributed by atoms with Crippen LogP contribution in [0, 0.1) is 0 Å². The number of para-hydroxylation sites is 1. The minimum absolute atomic E-state index is 0.382. The Balaban J connectivity index is 2.07. The van der Waals surface area contributed by atoms with E-state index in [1.54, 1.807) is 12.1 Å². The van der Waals surface area contributed by atoms with E-state index in [4.69, 9.17) is 9.84 Å². The van der Waals surface area contributed by atoms with Gasteiger partial charge < -0.3 is 9.84 Å². The lowest BCUT2D eigenvalue weighted by Crippen LogP contribution is -2.04. The number of carbonyl (C=O) groups is 1. The number of ether oxygens (including phenoxy) is 1. The molecule has 3 heteroatoms. The second kappa shape index (κ2) is 6.40. The molecule has 0 aliphatic heterocycles. The Morgan fingerprint density at radius 1 is 1.05 bits per heavy atom. The van der Waals surface area contributed by atoms with Crippen LogP contribution in [-0.2, 0) is 6.42 Å². The van der Waals surface area contributed by atoms with E-state index in [0.29, 0.717) is 12.2 Å². The molecule has 0 saturated carbocycles. The Labute approximate surface area is 111 Å². The van der Waals surface area contributed by atoms with E-state index in [9.17, 15) is 4.79 Å². The van der Waals surface area contributed by atoms with Gasteiger partial charge in [0.1, 0.15) is 5.75 Å². The average molecular weight is 254 g/mol. The van der Waals surface area contributed by atoms with Crippen molar-refractivity contribution >= 4 is 12.2 Å². The third-order valence-electron chi connectivity index (χ3n) is 2.62. The van der Waals surface area contributed by atoms with Gasteiger partial charge in [-0.2, -0.15) is 0 Å². The monoisotopic (exact) mass is 254 g/mol. The van der Waals surface area contributed by atoms with Gasteiger partial charge in [-0.3, -0.25) is 0 Å². The maximum absolute atomic E-state index is 10.6. The quantitative estimate of drug-likeness (QED) is 0.662. The molecular weight excluding hydrogens is 240 g/mol. The van der Waals surface area contributed by atoms with Crippen molar-refractivity contribution in [3.63, 3.8) is 0 Å². The Morgan fingerprint density at radius 3 is 2.47 bits per heavy atom. The zero-order valence-corrected chi connectivity index (χ0v) is 10.3. The summed E-state index contributed by atoms with van der Waals surface area (Å²) < 4.78 is 4.73. The van der Waals surface area contributed by atoms with Crippen molar-refractivity contribution in [3.05, 3.63) is 71.8 Å². The first-order valence-corrected chi connectivity index (χ1v) is 5.96. The molecule has 2 rings (SSSR count). The molecule has 3 nitrogen and oxygen atoms in total. The Hall–Kier alpha value is -2.55. The van der Waals surface area contributed by atoms with Crippen molar-refractivity contribution in [1.82, 2.24) is 0 Å². The smallest absolute Gasteiger partial charge is 0.449 e. The van der Waals surface area contributed by atoms with E-state index in [0.717, 1.165) is 11.1 Å². The van der Waals surface area contributed by atoms with E-state index in [-0.39, 0.29) is 0 Å². The van der Waals surface area contributed by atoms with Crippen LogP contribution in [0.1, 0.15) is 11.1 Å². The number of rotatable bonds is 4. The maximum atomic E-state index is 10.6. The maximum Gasteiger partial charge on any atom is 0.511 e. The van der Waals surface area contributed by atoms with Crippen LogP contribution in [0.5, 0.6) is 5.75 Å². The molecule has 0 amide bonds. The normalized spacial score (nSPS) is 10.5. The van der Waals surface area contributed by atoms with Crippen LogP contribution < -0.4 is 4.74 Å².